The predicted molar refractivity (Wildman–Crippen MR) is 76.8 cm³/mol. The number of anilines is 1. The zero-order valence-corrected chi connectivity index (χ0v) is 12.4. The first-order valence-corrected chi connectivity index (χ1v) is 7.19. The average molecular weight is 314 g/mol. The standard InChI is InChI=1S/C14H20BrNO2/c1-9(17)11-5-6-16(8-11)12-3-4-13(10(2)18)14(15)7-12/h3-4,7,9-11,17-18H,5-6,8H2,1-2H3/t9?,10-,11?/m1/s1. The second kappa shape index (κ2) is 5.59. The van der Waals surface area contributed by atoms with Crippen LogP contribution < -0.4 is 4.90 Å². The maximum absolute atomic E-state index is 9.62. The Balaban J connectivity index is 2.13. The van der Waals surface area contributed by atoms with Crippen molar-refractivity contribution in [1.82, 2.24) is 0 Å². The molecule has 4 heteroatoms. The summed E-state index contributed by atoms with van der Waals surface area (Å²) in [6.07, 6.45) is 0.334. The van der Waals surface area contributed by atoms with Crippen LogP contribution in [0.3, 0.4) is 0 Å². The van der Waals surface area contributed by atoms with Crippen molar-refractivity contribution in [3.05, 3.63) is 28.2 Å². The van der Waals surface area contributed by atoms with E-state index in [9.17, 15) is 10.2 Å². The van der Waals surface area contributed by atoms with Crippen LogP contribution in [0.2, 0.25) is 0 Å². The van der Waals surface area contributed by atoms with Gasteiger partial charge in [-0.3, -0.25) is 0 Å². The van der Waals surface area contributed by atoms with Gasteiger partial charge >= 0.3 is 0 Å². The smallest absolute Gasteiger partial charge is 0.0772 e. The van der Waals surface area contributed by atoms with E-state index in [0.29, 0.717) is 5.92 Å². The molecular weight excluding hydrogens is 294 g/mol. The van der Waals surface area contributed by atoms with Gasteiger partial charge < -0.3 is 15.1 Å². The molecule has 0 spiro atoms. The second-order valence-electron chi connectivity index (χ2n) is 5.12. The largest absolute Gasteiger partial charge is 0.393 e. The number of aliphatic hydroxyl groups is 2. The molecule has 0 amide bonds. The molecule has 2 N–H and O–H groups in total. The third kappa shape index (κ3) is 2.87. The van der Waals surface area contributed by atoms with Gasteiger partial charge in [0, 0.05) is 29.2 Å². The van der Waals surface area contributed by atoms with Crippen LogP contribution in [-0.2, 0) is 0 Å². The maximum Gasteiger partial charge on any atom is 0.0772 e. The third-order valence-corrected chi connectivity index (χ3v) is 4.39. The van der Waals surface area contributed by atoms with Crippen LogP contribution in [0.5, 0.6) is 0 Å². The highest BCUT2D eigenvalue weighted by atomic mass is 79.9. The van der Waals surface area contributed by atoms with Gasteiger partial charge in [0.1, 0.15) is 0 Å². The summed E-state index contributed by atoms with van der Waals surface area (Å²) in [5, 5.41) is 19.2. The summed E-state index contributed by atoms with van der Waals surface area (Å²) < 4.78 is 0.940. The first-order valence-electron chi connectivity index (χ1n) is 6.39. The number of hydrogen-bond acceptors (Lipinski definition) is 3. The van der Waals surface area contributed by atoms with E-state index in [1.165, 1.54) is 0 Å². The van der Waals surface area contributed by atoms with Crippen LogP contribution in [0.25, 0.3) is 0 Å². The number of nitrogens with zero attached hydrogens (tertiary/aromatic N) is 1. The monoisotopic (exact) mass is 313 g/mol. The van der Waals surface area contributed by atoms with Gasteiger partial charge in [-0.2, -0.15) is 0 Å². The Labute approximate surface area is 117 Å². The molecule has 1 aliphatic rings. The van der Waals surface area contributed by atoms with Gasteiger partial charge in [-0.15, -0.1) is 0 Å². The fourth-order valence-electron chi connectivity index (χ4n) is 2.47. The molecule has 1 fully saturated rings. The van der Waals surface area contributed by atoms with Crippen molar-refractivity contribution in [3.63, 3.8) is 0 Å². The minimum atomic E-state index is -0.461. The van der Waals surface area contributed by atoms with Crippen LogP contribution in [-0.4, -0.2) is 29.4 Å². The molecule has 2 rings (SSSR count). The third-order valence-electron chi connectivity index (χ3n) is 3.71. The fourth-order valence-corrected chi connectivity index (χ4v) is 3.17. The maximum atomic E-state index is 9.62. The van der Waals surface area contributed by atoms with Crippen molar-refractivity contribution in [2.75, 3.05) is 18.0 Å². The summed E-state index contributed by atoms with van der Waals surface area (Å²) >= 11 is 3.50. The van der Waals surface area contributed by atoms with Crippen molar-refractivity contribution >= 4 is 21.6 Å². The van der Waals surface area contributed by atoms with Crippen LogP contribution in [0.15, 0.2) is 22.7 Å². The molecule has 3 nitrogen and oxygen atoms in total. The highest BCUT2D eigenvalue weighted by Crippen LogP contribution is 2.31. The van der Waals surface area contributed by atoms with E-state index in [4.69, 9.17) is 0 Å². The number of halogens is 1. The summed E-state index contributed by atoms with van der Waals surface area (Å²) in [7, 11) is 0. The molecule has 2 unspecified atom stereocenters. The molecule has 0 aromatic heterocycles. The Hall–Kier alpha value is -0.580. The van der Waals surface area contributed by atoms with Gasteiger partial charge in [-0.25, -0.2) is 0 Å². The highest BCUT2D eigenvalue weighted by molar-refractivity contribution is 9.10. The molecule has 0 radical (unpaired) electrons. The number of hydrogen-bond donors (Lipinski definition) is 2. The Bertz CT molecular complexity index is 420. The lowest BCUT2D eigenvalue weighted by molar-refractivity contribution is 0.136. The van der Waals surface area contributed by atoms with Gasteiger partial charge in [0.2, 0.25) is 0 Å². The minimum absolute atomic E-state index is 0.241. The van der Waals surface area contributed by atoms with Crippen LogP contribution in [0.1, 0.15) is 31.9 Å². The van der Waals surface area contributed by atoms with E-state index in [2.05, 4.69) is 20.8 Å². The molecular formula is C14H20BrNO2. The Morgan fingerprint density at radius 2 is 2.06 bits per heavy atom. The number of benzene rings is 1. The molecule has 100 valence electrons. The topological polar surface area (TPSA) is 43.7 Å². The van der Waals surface area contributed by atoms with Gasteiger partial charge in [0.15, 0.2) is 0 Å². The molecule has 1 aliphatic heterocycles. The molecule has 1 saturated heterocycles. The molecule has 1 aromatic rings. The molecule has 0 saturated carbocycles. The lowest BCUT2D eigenvalue weighted by Gasteiger charge is -2.21. The van der Waals surface area contributed by atoms with Gasteiger partial charge in [-0.1, -0.05) is 22.0 Å². The van der Waals surface area contributed by atoms with E-state index >= 15 is 0 Å². The normalized spacial score (nSPS) is 23.2. The molecule has 18 heavy (non-hydrogen) atoms. The number of rotatable bonds is 3. The first kappa shape index (κ1) is 13.8. The van der Waals surface area contributed by atoms with Crippen molar-refractivity contribution in [2.24, 2.45) is 5.92 Å². The summed E-state index contributed by atoms with van der Waals surface area (Å²) in [6, 6.07) is 6.05. The fraction of sp³-hybridized carbons (Fsp3) is 0.571. The summed E-state index contributed by atoms with van der Waals surface area (Å²) in [4.78, 5) is 2.29. The lowest BCUT2D eigenvalue weighted by Crippen LogP contribution is -2.23. The van der Waals surface area contributed by atoms with E-state index in [1.807, 2.05) is 25.1 Å². The summed E-state index contributed by atoms with van der Waals surface area (Å²) in [5.41, 5.74) is 2.06. The van der Waals surface area contributed by atoms with E-state index in [-0.39, 0.29) is 6.10 Å². The zero-order valence-electron chi connectivity index (χ0n) is 10.8. The Morgan fingerprint density at radius 3 is 2.56 bits per heavy atom. The first-order chi connectivity index (χ1) is 8.49. The second-order valence-corrected chi connectivity index (χ2v) is 5.97. The van der Waals surface area contributed by atoms with E-state index in [1.54, 1.807) is 6.92 Å². The predicted octanol–water partition coefficient (Wildman–Crippen LogP) is 2.71. The SMILES string of the molecule is CC(O)C1CCN(c2ccc([C@@H](C)O)c(Br)c2)C1. The zero-order chi connectivity index (χ0) is 13.3. The highest BCUT2D eigenvalue weighted by Gasteiger charge is 2.26. The van der Waals surface area contributed by atoms with Crippen molar-refractivity contribution in [3.8, 4) is 0 Å². The van der Waals surface area contributed by atoms with Crippen molar-refractivity contribution in [1.29, 1.82) is 0 Å². The van der Waals surface area contributed by atoms with E-state index in [0.717, 1.165) is 35.2 Å². The summed E-state index contributed by atoms with van der Waals surface area (Å²) in [5.74, 6) is 0.361. The van der Waals surface area contributed by atoms with Gasteiger partial charge in [-0.05, 0) is 38.0 Å². The average Bonchev–Trinajstić information content (AvgIpc) is 2.77. The Morgan fingerprint density at radius 1 is 1.33 bits per heavy atom. The van der Waals surface area contributed by atoms with Crippen LogP contribution in [0.4, 0.5) is 5.69 Å². The molecule has 0 bridgehead atoms. The lowest BCUT2D eigenvalue weighted by atomic mass is 10.0. The molecule has 3 atom stereocenters. The van der Waals surface area contributed by atoms with Gasteiger partial charge in [0.25, 0.3) is 0 Å². The molecule has 0 aliphatic carbocycles. The Kier molecular flexibility index (Phi) is 4.30. The number of aliphatic hydroxyl groups excluding tert-OH is 2. The van der Waals surface area contributed by atoms with Crippen molar-refractivity contribution < 1.29 is 10.2 Å². The van der Waals surface area contributed by atoms with Crippen molar-refractivity contribution in [2.45, 2.75) is 32.5 Å². The van der Waals surface area contributed by atoms with E-state index < -0.39 is 6.10 Å². The van der Waals surface area contributed by atoms with Crippen LogP contribution in [0, 0.1) is 5.92 Å². The van der Waals surface area contributed by atoms with Crippen LogP contribution >= 0.6 is 15.9 Å². The quantitative estimate of drug-likeness (QED) is 0.901. The summed E-state index contributed by atoms with van der Waals surface area (Å²) in [6.45, 7) is 5.51. The minimum Gasteiger partial charge on any atom is -0.393 e. The van der Waals surface area contributed by atoms with Gasteiger partial charge in [0.05, 0.1) is 12.2 Å². The molecule has 1 heterocycles. The molecule has 1 aromatic carbocycles.